The van der Waals surface area contributed by atoms with Gasteiger partial charge in [0, 0.05) is 6.04 Å². The molecule has 0 fully saturated rings. The molecule has 1 atom stereocenters. The van der Waals surface area contributed by atoms with Crippen LogP contribution in [-0.2, 0) is 0 Å². The van der Waals surface area contributed by atoms with Crippen molar-refractivity contribution >= 4 is 6.09 Å². The number of amides is 1. The van der Waals surface area contributed by atoms with E-state index in [4.69, 9.17) is 5.11 Å². The molecule has 3 heteroatoms. The molecule has 0 heterocycles. The maximum Gasteiger partial charge on any atom is 0.404 e. The highest BCUT2D eigenvalue weighted by atomic mass is 16.4. The first-order valence-electron chi connectivity index (χ1n) is 3.57. The molecule has 0 aromatic carbocycles. The Bertz CT molecular complexity index is 112. The molecule has 0 aromatic rings. The molecular formula is C7H15NO2. The molecule has 2 N–H and O–H groups in total. The van der Waals surface area contributed by atoms with Gasteiger partial charge in [-0.05, 0) is 12.3 Å². The van der Waals surface area contributed by atoms with E-state index in [-0.39, 0.29) is 6.04 Å². The summed E-state index contributed by atoms with van der Waals surface area (Å²) < 4.78 is 0. The van der Waals surface area contributed by atoms with Gasteiger partial charge in [-0.15, -0.1) is 0 Å². The van der Waals surface area contributed by atoms with Gasteiger partial charge in [-0.2, -0.15) is 0 Å². The fourth-order valence-corrected chi connectivity index (χ4v) is 0.899. The van der Waals surface area contributed by atoms with Gasteiger partial charge in [-0.3, -0.25) is 0 Å². The van der Waals surface area contributed by atoms with Crippen LogP contribution in [0.25, 0.3) is 0 Å². The molecule has 10 heavy (non-hydrogen) atoms. The largest absolute Gasteiger partial charge is 0.465 e. The lowest BCUT2D eigenvalue weighted by Crippen LogP contribution is -2.36. The summed E-state index contributed by atoms with van der Waals surface area (Å²) in [7, 11) is 0. The van der Waals surface area contributed by atoms with Crippen LogP contribution in [0.1, 0.15) is 27.2 Å². The van der Waals surface area contributed by atoms with Crippen LogP contribution in [-0.4, -0.2) is 17.2 Å². The minimum Gasteiger partial charge on any atom is -0.465 e. The molecule has 1 unspecified atom stereocenters. The normalized spacial score (nSPS) is 13.2. The van der Waals surface area contributed by atoms with Crippen molar-refractivity contribution in [2.75, 3.05) is 0 Å². The summed E-state index contributed by atoms with van der Waals surface area (Å²) >= 11 is 0. The second-order valence-corrected chi connectivity index (χ2v) is 2.71. The first-order chi connectivity index (χ1) is 4.57. The summed E-state index contributed by atoms with van der Waals surface area (Å²) in [5.74, 6) is 0.376. The van der Waals surface area contributed by atoms with Crippen LogP contribution in [0.4, 0.5) is 4.79 Å². The predicted octanol–water partition coefficient (Wildman–Crippen LogP) is 1.69. The molecular weight excluding hydrogens is 130 g/mol. The van der Waals surface area contributed by atoms with Gasteiger partial charge in [0.25, 0.3) is 0 Å². The molecule has 60 valence electrons. The van der Waals surface area contributed by atoms with Crippen molar-refractivity contribution in [1.29, 1.82) is 0 Å². The van der Waals surface area contributed by atoms with E-state index in [0.29, 0.717) is 5.92 Å². The average molecular weight is 145 g/mol. The maximum atomic E-state index is 10.2. The molecule has 0 aromatic heterocycles. The molecule has 0 aliphatic rings. The summed E-state index contributed by atoms with van der Waals surface area (Å²) in [6.07, 6.45) is -0.0789. The summed E-state index contributed by atoms with van der Waals surface area (Å²) in [6.45, 7) is 5.98. The van der Waals surface area contributed by atoms with Gasteiger partial charge in [0.15, 0.2) is 0 Å². The van der Waals surface area contributed by atoms with Crippen LogP contribution < -0.4 is 5.32 Å². The van der Waals surface area contributed by atoms with Crippen LogP contribution in [0.15, 0.2) is 0 Å². The Hall–Kier alpha value is -0.730. The fourth-order valence-electron chi connectivity index (χ4n) is 0.899. The first-order valence-corrected chi connectivity index (χ1v) is 3.57. The third-order valence-electron chi connectivity index (χ3n) is 1.55. The molecule has 0 radical (unpaired) electrons. The van der Waals surface area contributed by atoms with E-state index < -0.39 is 6.09 Å². The lowest BCUT2D eigenvalue weighted by Gasteiger charge is -2.17. The third-order valence-corrected chi connectivity index (χ3v) is 1.55. The second-order valence-electron chi connectivity index (χ2n) is 2.71. The Labute approximate surface area is 61.4 Å². The fraction of sp³-hybridized carbons (Fsp3) is 0.857. The van der Waals surface area contributed by atoms with Crippen LogP contribution in [0, 0.1) is 5.92 Å². The van der Waals surface area contributed by atoms with Crippen molar-refractivity contribution in [3.63, 3.8) is 0 Å². The monoisotopic (exact) mass is 145 g/mol. The van der Waals surface area contributed by atoms with Crippen molar-refractivity contribution in [2.45, 2.75) is 33.2 Å². The summed E-state index contributed by atoms with van der Waals surface area (Å²) in [6, 6.07) is 0.0949. The molecule has 0 saturated heterocycles. The van der Waals surface area contributed by atoms with Gasteiger partial charge in [-0.1, -0.05) is 20.8 Å². The molecule has 0 aliphatic heterocycles. The quantitative estimate of drug-likeness (QED) is 0.634. The third kappa shape index (κ3) is 3.33. The highest BCUT2D eigenvalue weighted by Gasteiger charge is 2.11. The Morgan fingerprint density at radius 3 is 2.20 bits per heavy atom. The Morgan fingerprint density at radius 1 is 1.60 bits per heavy atom. The average Bonchev–Trinajstić information content (AvgIpc) is 1.81. The smallest absolute Gasteiger partial charge is 0.404 e. The summed E-state index contributed by atoms with van der Waals surface area (Å²) in [5.41, 5.74) is 0. The number of rotatable bonds is 3. The van der Waals surface area contributed by atoms with E-state index >= 15 is 0 Å². The zero-order valence-corrected chi connectivity index (χ0v) is 6.72. The van der Waals surface area contributed by atoms with Crippen LogP contribution in [0.5, 0.6) is 0 Å². The first kappa shape index (κ1) is 9.27. The van der Waals surface area contributed by atoms with E-state index in [1.165, 1.54) is 0 Å². The van der Waals surface area contributed by atoms with E-state index in [0.717, 1.165) is 6.42 Å². The van der Waals surface area contributed by atoms with Gasteiger partial charge >= 0.3 is 6.09 Å². The van der Waals surface area contributed by atoms with Crippen molar-refractivity contribution < 1.29 is 9.90 Å². The second kappa shape index (κ2) is 4.14. The van der Waals surface area contributed by atoms with Crippen LogP contribution >= 0.6 is 0 Å². The van der Waals surface area contributed by atoms with Gasteiger partial charge < -0.3 is 10.4 Å². The molecule has 0 rings (SSSR count). The maximum absolute atomic E-state index is 10.2. The molecule has 1 amide bonds. The standard InChI is InChI=1S/C7H15NO2/c1-4-6(5(2)3)8-7(9)10/h5-6,8H,4H2,1-3H3,(H,9,10). The van der Waals surface area contributed by atoms with Crippen LogP contribution in [0.3, 0.4) is 0 Å². The van der Waals surface area contributed by atoms with Crippen LogP contribution in [0.2, 0.25) is 0 Å². The molecule has 0 saturated carbocycles. The lowest BCUT2D eigenvalue weighted by atomic mass is 10.0. The Kier molecular flexibility index (Phi) is 3.84. The number of carboxylic acid groups (broad SMARTS) is 1. The van der Waals surface area contributed by atoms with E-state index in [9.17, 15) is 4.79 Å². The van der Waals surface area contributed by atoms with Crippen molar-refractivity contribution in [3.05, 3.63) is 0 Å². The van der Waals surface area contributed by atoms with E-state index in [1.54, 1.807) is 0 Å². The number of hydrogen-bond donors (Lipinski definition) is 2. The van der Waals surface area contributed by atoms with Gasteiger partial charge in [0.2, 0.25) is 0 Å². The minimum atomic E-state index is -0.930. The topological polar surface area (TPSA) is 49.3 Å². The Morgan fingerprint density at radius 2 is 2.10 bits per heavy atom. The van der Waals surface area contributed by atoms with Gasteiger partial charge in [0.05, 0.1) is 0 Å². The number of carbonyl (C=O) groups is 1. The number of hydrogen-bond acceptors (Lipinski definition) is 1. The minimum absolute atomic E-state index is 0.0949. The zero-order valence-electron chi connectivity index (χ0n) is 6.72. The zero-order chi connectivity index (χ0) is 8.15. The van der Waals surface area contributed by atoms with Crippen molar-refractivity contribution in [2.24, 2.45) is 5.92 Å². The molecule has 0 bridgehead atoms. The predicted molar refractivity (Wildman–Crippen MR) is 40.1 cm³/mol. The summed E-state index contributed by atoms with van der Waals surface area (Å²) in [4.78, 5) is 10.2. The SMILES string of the molecule is CCC(NC(=O)O)C(C)C. The van der Waals surface area contributed by atoms with Crippen molar-refractivity contribution in [3.8, 4) is 0 Å². The molecule has 3 nitrogen and oxygen atoms in total. The van der Waals surface area contributed by atoms with Gasteiger partial charge in [-0.25, -0.2) is 4.79 Å². The highest BCUT2D eigenvalue weighted by Crippen LogP contribution is 2.04. The highest BCUT2D eigenvalue weighted by molar-refractivity contribution is 5.64. The van der Waals surface area contributed by atoms with Gasteiger partial charge in [0.1, 0.15) is 0 Å². The molecule has 0 aliphatic carbocycles. The lowest BCUT2D eigenvalue weighted by molar-refractivity contribution is 0.185. The van der Waals surface area contributed by atoms with E-state index in [1.807, 2.05) is 20.8 Å². The summed E-state index contributed by atoms with van der Waals surface area (Å²) in [5, 5.41) is 10.8. The number of nitrogens with one attached hydrogen (secondary N) is 1. The molecule has 0 spiro atoms. The Balaban J connectivity index is 3.71. The van der Waals surface area contributed by atoms with Crippen molar-refractivity contribution in [1.82, 2.24) is 5.32 Å². The van der Waals surface area contributed by atoms with E-state index in [2.05, 4.69) is 5.32 Å².